The number of hydrogen-bond donors (Lipinski definition) is 0. The molecule has 0 spiro atoms. The molecule has 0 saturated carbocycles. The first-order chi connectivity index (χ1) is 7.63. The van der Waals surface area contributed by atoms with Crippen molar-refractivity contribution >= 4 is 11.9 Å². The van der Waals surface area contributed by atoms with Crippen molar-refractivity contribution in [2.24, 2.45) is 0 Å². The zero-order valence-electron chi connectivity index (χ0n) is 9.52. The molecule has 7 nitrogen and oxygen atoms in total. The fourth-order valence-electron chi connectivity index (χ4n) is 1.52. The molecule has 16 heavy (non-hydrogen) atoms. The normalized spacial score (nSPS) is 19.4. The van der Waals surface area contributed by atoms with Gasteiger partial charge in [-0.2, -0.15) is 0 Å². The lowest BCUT2D eigenvalue weighted by Crippen LogP contribution is -2.57. The van der Waals surface area contributed by atoms with Crippen LogP contribution in [0.1, 0.15) is 13.3 Å². The molecular weight excluding hydrogens is 218 g/mol. The van der Waals surface area contributed by atoms with E-state index in [0.29, 0.717) is 0 Å². The van der Waals surface area contributed by atoms with E-state index in [4.69, 9.17) is 9.68 Å². The first-order valence-corrected chi connectivity index (χ1v) is 4.86. The van der Waals surface area contributed by atoms with E-state index in [9.17, 15) is 9.59 Å². The summed E-state index contributed by atoms with van der Waals surface area (Å²) in [6, 6.07) is 0. The molecule has 1 rings (SSSR count). The van der Waals surface area contributed by atoms with Crippen molar-refractivity contribution in [1.82, 2.24) is 5.23 Å². The smallest absolute Gasteiger partial charge is 0.343 e. The van der Waals surface area contributed by atoms with Crippen molar-refractivity contribution in [2.45, 2.75) is 18.9 Å². The van der Waals surface area contributed by atoms with Gasteiger partial charge in [0, 0.05) is 6.42 Å². The Hall–Kier alpha value is -1.18. The molecule has 92 valence electrons. The summed E-state index contributed by atoms with van der Waals surface area (Å²) in [5, 5.41) is 0.866. The van der Waals surface area contributed by atoms with E-state index in [2.05, 4.69) is 9.47 Å². The summed E-state index contributed by atoms with van der Waals surface area (Å²) in [7, 11) is 2.38. The number of carbonyl (C=O) groups is 2. The van der Waals surface area contributed by atoms with Crippen LogP contribution >= 0.6 is 0 Å². The van der Waals surface area contributed by atoms with Gasteiger partial charge in [-0.05, 0) is 12.2 Å². The van der Waals surface area contributed by atoms with E-state index >= 15 is 0 Å². The van der Waals surface area contributed by atoms with Crippen molar-refractivity contribution in [2.75, 3.05) is 27.4 Å². The summed E-state index contributed by atoms with van der Waals surface area (Å²) in [6.45, 7) is 2.15. The SMILES string of the molecule is CCON1OCCC1(C(=O)OC)C(=O)OC. The van der Waals surface area contributed by atoms with Crippen LogP contribution in [0.4, 0.5) is 0 Å². The molecule has 1 aliphatic heterocycles. The van der Waals surface area contributed by atoms with Gasteiger partial charge in [0.1, 0.15) is 0 Å². The predicted molar refractivity (Wildman–Crippen MR) is 50.8 cm³/mol. The van der Waals surface area contributed by atoms with Crippen LogP contribution in [0.25, 0.3) is 0 Å². The maximum Gasteiger partial charge on any atom is 0.343 e. The average molecular weight is 233 g/mol. The Balaban J connectivity index is 3.02. The Morgan fingerprint density at radius 2 is 1.88 bits per heavy atom. The number of hydroxylamine groups is 2. The number of carbonyl (C=O) groups excluding carboxylic acids is 2. The number of esters is 2. The number of methoxy groups -OCH3 is 2. The van der Waals surface area contributed by atoms with Crippen molar-refractivity contribution in [3.63, 3.8) is 0 Å². The Morgan fingerprint density at radius 3 is 2.31 bits per heavy atom. The number of nitrogens with zero attached hydrogens (tertiary/aromatic N) is 1. The highest BCUT2D eigenvalue weighted by atomic mass is 17.0. The second-order valence-electron chi connectivity index (χ2n) is 3.10. The van der Waals surface area contributed by atoms with Crippen molar-refractivity contribution in [3.8, 4) is 0 Å². The Labute approximate surface area is 93.1 Å². The monoisotopic (exact) mass is 233 g/mol. The van der Waals surface area contributed by atoms with Crippen LogP contribution in [-0.4, -0.2) is 50.1 Å². The van der Waals surface area contributed by atoms with Gasteiger partial charge in [0.15, 0.2) is 0 Å². The first-order valence-electron chi connectivity index (χ1n) is 4.86. The number of rotatable bonds is 4. The average Bonchev–Trinajstić information content (AvgIpc) is 2.72. The molecule has 1 aliphatic rings. The second kappa shape index (κ2) is 5.24. The van der Waals surface area contributed by atoms with Gasteiger partial charge in [-0.15, -0.1) is 0 Å². The molecule has 0 bridgehead atoms. The van der Waals surface area contributed by atoms with E-state index in [1.54, 1.807) is 6.92 Å². The first kappa shape index (κ1) is 12.9. The summed E-state index contributed by atoms with van der Waals surface area (Å²) in [5.41, 5.74) is -1.65. The molecule has 0 atom stereocenters. The topological polar surface area (TPSA) is 74.3 Å². The van der Waals surface area contributed by atoms with Crippen LogP contribution in [0.5, 0.6) is 0 Å². The van der Waals surface area contributed by atoms with Crippen LogP contribution < -0.4 is 0 Å². The molecule has 1 fully saturated rings. The van der Waals surface area contributed by atoms with E-state index in [0.717, 1.165) is 5.23 Å². The number of ether oxygens (including phenoxy) is 2. The summed E-state index contributed by atoms with van der Waals surface area (Å²) in [4.78, 5) is 33.5. The molecule has 0 aromatic carbocycles. The predicted octanol–water partition coefficient (Wildman–Crippen LogP) is -0.340. The van der Waals surface area contributed by atoms with Gasteiger partial charge < -0.3 is 9.47 Å². The third-order valence-electron chi connectivity index (χ3n) is 2.28. The van der Waals surface area contributed by atoms with Crippen LogP contribution in [0, 0.1) is 0 Å². The molecular formula is C9H15NO6. The molecule has 0 N–H and O–H groups in total. The highest BCUT2D eigenvalue weighted by Gasteiger charge is 2.59. The van der Waals surface area contributed by atoms with Crippen LogP contribution in [0.2, 0.25) is 0 Å². The fourth-order valence-corrected chi connectivity index (χ4v) is 1.52. The quantitative estimate of drug-likeness (QED) is 0.485. The molecule has 0 amide bonds. The third kappa shape index (κ3) is 1.89. The fraction of sp³-hybridized carbons (Fsp3) is 0.778. The van der Waals surface area contributed by atoms with E-state index in [1.165, 1.54) is 14.2 Å². The second-order valence-corrected chi connectivity index (χ2v) is 3.10. The van der Waals surface area contributed by atoms with Crippen molar-refractivity contribution in [3.05, 3.63) is 0 Å². The molecule has 1 heterocycles. The van der Waals surface area contributed by atoms with Gasteiger partial charge >= 0.3 is 11.9 Å². The standard InChI is InChI=1S/C9H15NO6/c1-4-15-10-9(5-6-16-10,7(11)13-2)8(12)14-3/h4-6H2,1-3H3. The van der Waals surface area contributed by atoms with Gasteiger partial charge in [-0.25, -0.2) is 9.59 Å². The molecule has 1 saturated heterocycles. The zero-order chi connectivity index (χ0) is 12.2. The lowest BCUT2D eigenvalue weighted by Gasteiger charge is -2.29. The van der Waals surface area contributed by atoms with Gasteiger partial charge in [0.2, 0.25) is 0 Å². The summed E-state index contributed by atoms with van der Waals surface area (Å²) in [6.07, 6.45) is 0.131. The highest BCUT2D eigenvalue weighted by Crippen LogP contribution is 2.30. The summed E-state index contributed by atoms with van der Waals surface area (Å²) >= 11 is 0. The Kier molecular flexibility index (Phi) is 4.22. The third-order valence-corrected chi connectivity index (χ3v) is 2.28. The van der Waals surface area contributed by atoms with Crippen LogP contribution in [0.15, 0.2) is 0 Å². The van der Waals surface area contributed by atoms with Gasteiger partial charge in [0.25, 0.3) is 5.54 Å². The van der Waals surface area contributed by atoms with E-state index in [1.807, 2.05) is 0 Å². The molecule has 0 unspecified atom stereocenters. The Morgan fingerprint density at radius 1 is 1.31 bits per heavy atom. The van der Waals surface area contributed by atoms with Gasteiger partial charge in [0.05, 0.1) is 27.4 Å². The zero-order valence-corrected chi connectivity index (χ0v) is 9.52. The minimum Gasteiger partial charge on any atom is -0.467 e. The van der Waals surface area contributed by atoms with Gasteiger partial charge in [-0.3, -0.25) is 9.68 Å². The minimum absolute atomic E-state index is 0.131. The Bertz CT molecular complexity index is 263. The largest absolute Gasteiger partial charge is 0.467 e. The maximum atomic E-state index is 11.7. The van der Waals surface area contributed by atoms with Crippen molar-refractivity contribution < 1.29 is 28.7 Å². The summed E-state index contributed by atoms with van der Waals surface area (Å²) in [5.74, 6) is -1.52. The van der Waals surface area contributed by atoms with Crippen LogP contribution in [-0.2, 0) is 28.7 Å². The summed E-state index contributed by atoms with van der Waals surface area (Å²) < 4.78 is 9.19. The maximum absolute atomic E-state index is 11.7. The van der Waals surface area contributed by atoms with Crippen LogP contribution in [0.3, 0.4) is 0 Å². The highest BCUT2D eigenvalue weighted by molar-refractivity contribution is 6.04. The number of hydrogen-bond acceptors (Lipinski definition) is 7. The van der Waals surface area contributed by atoms with Gasteiger partial charge in [-0.1, -0.05) is 0 Å². The molecule has 0 aromatic rings. The molecule has 0 aliphatic carbocycles. The van der Waals surface area contributed by atoms with E-state index in [-0.39, 0.29) is 19.6 Å². The lowest BCUT2D eigenvalue weighted by molar-refractivity contribution is -0.368. The minimum atomic E-state index is -1.65. The molecule has 7 heteroatoms. The van der Waals surface area contributed by atoms with E-state index < -0.39 is 17.5 Å². The lowest BCUT2D eigenvalue weighted by atomic mass is 9.98. The van der Waals surface area contributed by atoms with Crippen molar-refractivity contribution in [1.29, 1.82) is 0 Å². The molecule has 0 aromatic heterocycles. The molecule has 0 radical (unpaired) electrons.